The molecule has 0 aliphatic carbocycles. The fourth-order valence-electron chi connectivity index (χ4n) is 2.04. The van der Waals surface area contributed by atoms with Gasteiger partial charge in [0.25, 0.3) is 0 Å². The summed E-state index contributed by atoms with van der Waals surface area (Å²) in [6.45, 7) is 5.21. The standard InChI is InChI=1S/C13H17NO2S/c1-3-16-12-5-4-9(2)6-11(12)14-8-10(17)7-13(14)15/h4-6,10,17H,3,7-8H2,1-2H3. The fraction of sp³-hybridized carbons (Fsp3) is 0.462. The van der Waals surface area contributed by atoms with Gasteiger partial charge in [-0.2, -0.15) is 12.6 Å². The minimum Gasteiger partial charge on any atom is -0.492 e. The average molecular weight is 251 g/mol. The van der Waals surface area contributed by atoms with Gasteiger partial charge >= 0.3 is 0 Å². The first kappa shape index (κ1) is 12.3. The van der Waals surface area contributed by atoms with E-state index in [1.54, 1.807) is 4.90 Å². The topological polar surface area (TPSA) is 29.5 Å². The van der Waals surface area contributed by atoms with E-state index in [4.69, 9.17) is 4.74 Å². The Morgan fingerprint density at radius 1 is 1.53 bits per heavy atom. The molecule has 92 valence electrons. The second-order valence-corrected chi connectivity index (χ2v) is 5.00. The summed E-state index contributed by atoms with van der Waals surface area (Å²) < 4.78 is 5.57. The number of ether oxygens (including phenoxy) is 1. The molecule has 3 nitrogen and oxygen atoms in total. The Kier molecular flexibility index (Phi) is 3.62. The molecule has 1 aromatic carbocycles. The monoisotopic (exact) mass is 251 g/mol. The van der Waals surface area contributed by atoms with Crippen molar-refractivity contribution in [1.29, 1.82) is 0 Å². The van der Waals surface area contributed by atoms with Crippen molar-refractivity contribution in [3.8, 4) is 5.75 Å². The molecule has 1 aliphatic heterocycles. The number of aryl methyl sites for hydroxylation is 1. The maximum atomic E-state index is 11.9. The van der Waals surface area contributed by atoms with Gasteiger partial charge in [-0.15, -0.1) is 0 Å². The minimum absolute atomic E-state index is 0.122. The smallest absolute Gasteiger partial charge is 0.228 e. The summed E-state index contributed by atoms with van der Waals surface area (Å²) in [6, 6.07) is 5.91. The molecule has 4 heteroatoms. The highest BCUT2D eigenvalue weighted by Gasteiger charge is 2.30. The molecule has 0 N–H and O–H groups in total. The number of anilines is 1. The maximum absolute atomic E-state index is 11.9. The first-order chi connectivity index (χ1) is 8.11. The number of nitrogens with zero attached hydrogens (tertiary/aromatic N) is 1. The van der Waals surface area contributed by atoms with Gasteiger partial charge in [-0.25, -0.2) is 0 Å². The molecule has 1 unspecified atom stereocenters. The highest BCUT2D eigenvalue weighted by Crippen LogP contribution is 2.33. The van der Waals surface area contributed by atoms with Crippen molar-refractivity contribution in [1.82, 2.24) is 0 Å². The van der Waals surface area contributed by atoms with E-state index in [1.807, 2.05) is 32.0 Å². The van der Waals surface area contributed by atoms with Crippen molar-refractivity contribution < 1.29 is 9.53 Å². The van der Waals surface area contributed by atoms with Crippen LogP contribution in [0, 0.1) is 6.92 Å². The Bertz CT molecular complexity index is 433. The van der Waals surface area contributed by atoms with Crippen LogP contribution in [0.3, 0.4) is 0 Å². The first-order valence-electron chi connectivity index (χ1n) is 5.83. The van der Waals surface area contributed by atoms with Crippen molar-refractivity contribution in [2.45, 2.75) is 25.5 Å². The molecule has 0 spiro atoms. The Morgan fingerprint density at radius 2 is 2.29 bits per heavy atom. The fourth-order valence-corrected chi connectivity index (χ4v) is 2.36. The van der Waals surface area contributed by atoms with Crippen LogP contribution in [0.25, 0.3) is 0 Å². The van der Waals surface area contributed by atoms with Crippen LogP contribution in [0.1, 0.15) is 18.9 Å². The Morgan fingerprint density at radius 3 is 2.88 bits per heavy atom. The lowest BCUT2D eigenvalue weighted by molar-refractivity contribution is -0.117. The molecule has 1 aliphatic rings. The van der Waals surface area contributed by atoms with Crippen molar-refractivity contribution >= 4 is 24.2 Å². The summed E-state index contributed by atoms with van der Waals surface area (Å²) in [7, 11) is 0. The van der Waals surface area contributed by atoms with E-state index in [9.17, 15) is 4.79 Å². The van der Waals surface area contributed by atoms with Gasteiger partial charge in [0.15, 0.2) is 0 Å². The SMILES string of the molecule is CCOc1ccc(C)cc1N1CC(S)CC1=O. The van der Waals surface area contributed by atoms with Crippen LogP contribution in [0.15, 0.2) is 18.2 Å². The summed E-state index contributed by atoms with van der Waals surface area (Å²) in [5.74, 6) is 0.894. The van der Waals surface area contributed by atoms with Crippen LogP contribution in [-0.4, -0.2) is 24.3 Å². The molecule has 1 saturated heterocycles. The third-order valence-electron chi connectivity index (χ3n) is 2.81. The lowest BCUT2D eigenvalue weighted by atomic mass is 10.2. The number of thiol groups is 1. The van der Waals surface area contributed by atoms with E-state index in [0.29, 0.717) is 19.6 Å². The minimum atomic E-state index is 0.122. The number of hydrogen-bond acceptors (Lipinski definition) is 3. The lowest BCUT2D eigenvalue weighted by Gasteiger charge is -2.20. The second-order valence-electron chi connectivity index (χ2n) is 4.27. The summed E-state index contributed by atoms with van der Waals surface area (Å²) in [5.41, 5.74) is 1.99. The van der Waals surface area contributed by atoms with E-state index in [1.165, 1.54) is 0 Å². The van der Waals surface area contributed by atoms with E-state index >= 15 is 0 Å². The number of amides is 1. The number of carbonyl (C=O) groups excluding carboxylic acids is 1. The zero-order valence-corrected chi connectivity index (χ0v) is 11.0. The van der Waals surface area contributed by atoms with Crippen LogP contribution < -0.4 is 9.64 Å². The summed E-state index contributed by atoms with van der Waals surface area (Å²) >= 11 is 4.37. The average Bonchev–Trinajstić information content (AvgIpc) is 2.61. The molecule has 1 amide bonds. The van der Waals surface area contributed by atoms with Crippen LogP contribution in [0.4, 0.5) is 5.69 Å². The number of benzene rings is 1. The maximum Gasteiger partial charge on any atom is 0.228 e. The zero-order chi connectivity index (χ0) is 12.4. The van der Waals surface area contributed by atoms with Crippen LogP contribution in [-0.2, 0) is 4.79 Å². The van der Waals surface area contributed by atoms with Crippen molar-refractivity contribution in [3.63, 3.8) is 0 Å². The van der Waals surface area contributed by atoms with E-state index in [2.05, 4.69) is 12.6 Å². The van der Waals surface area contributed by atoms with Gasteiger partial charge in [-0.05, 0) is 31.5 Å². The molecule has 2 rings (SSSR count). The summed E-state index contributed by atoms with van der Waals surface area (Å²) in [6.07, 6.45) is 0.503. The molecule has 1 aromatic rings. The normalized spacial score (nSPS) is 19.8. The van der Waals surface area contributed by atoms with Crippen molar-refractivity contribution in [2.75, 3.05) is 18.1 Å². The molecule has 0 saturated carbocycles. The van der Waals surface area contributed by atoms with E-state index in [-0.39, 0.29) is 11.2 Å². The van der Waals surface area contributed by atoms with E-state index < -0.39 is 0 Å². The highest BCUT2D eigenvalue weighted by molar-refractivity contribution is 7.81. The van der Waals surface area contributed by atoms with E-state index in [0.717, 1.165) is 17.0 Å². The molecule has 1 fully saturated rings. The Balaban J connectivity index is 2.35. The Labute approximate surface area is 107 Å². The third-order valence-corrected chi connectivity index (χ3v) is 3.16. The predicted molar refractivity (Wildman–Crippen MR) is 72.1 cm³/mol. The quantitative estimate of drug-likeness (QED) is 0.836. The van der Waals surface area contributed by atoms with Gasteiger partial charge in [-0.1, -0.05) is 6.07 Å². The highest BCUT2D eigenvalue weighted by atomic mass is 32.1. The lowest BCUT2D eigenvalue weighted by Crippen LogP contribution is -2.25. The number of rotatable bonds is 3. The Hall–Kier alpha value is -1.16. The van der Waals surface area contributed by atoms with Gasteiger partial charge in [0, 0.05) is 18.2 Å². The number of carbonyl (C=O) groups is 1. The zero-order valence-electron chi connectivity index (χ0n) is 10.1. The first-order valence-corrected chi connectivity index (χ1v) is 6.35. The summed E-state index contributed by atoms with van der Waals surface area (Å²) in [4.78, 5) is 13.6. The van der Waals surface area contributed by atoms with Crippen molar-refractivity contribution in [3.05, 3.63) is 23.8 Å². The molecular formula is C13H17NO2S. The molecule has 0 bridgehead atoms. The largest absolute Gasteiger partial charge is 0.492 e. The number of hydrogen-bond donors (Lipinski definition) is 1. The molecule has 0 radical (unpaired) electrons. The molecule has 1 heterocycles. The van der Waals surface area contributed by atoms with Gasteiger partial charge in [-0.3, -0.25) is 4.79 Å². The third kappa shape index (κ3) is 2.57. The molecule has 0 aromatic heterocycles. The van der Waals surface area contributed by atoms with Crippen LogP contribution in [0.5, 0.6) is 5.75 Å². The van der Waals surface area contributed by atoms with Gasteiger partial charge in [0.1, 0.15) is 5.75 Å². The van der Waals surface area contributed by atoms with Crippen molar-refractivity contribution in [2.24, 2.45) is 0 Å². The predicted octanol–water partition coefficient (Wildman–Crippen LogP) is 2.43. The molecular weight excluding hydrogens is 234 g/mol. The second kappa shape index (κ2) is 5.00. The molecule has 1 atom stereocenters. The van der Waals surface area contributed by atoms with Gasteiger partial charge in [0.2, 0.25) is 5.91 Å². The van der Waals surface area contributed by atoms with Gasteiger partial charge in [0.05, 0.1) is 12.3 Å². The molecule has 17 heavy (non-hydrogen) atoms. The van der Waals surface area contributed by atoms with Crippen LogP contribution >= 0.6 is 12.6 Å². The van der Waals surface area contributed by atoms with Crippen LogP contribution in [0.2, 0.25) is 0 Å². The van der Waals surface area contributed by atoms with Gasteiger partial charge < -0.3 is 9.64 Å². The summed E-state index contributed by atoms with van der Waals surface area (Å²) in [5, 5.41) is 0.123.